The minimum Gasteiger partial charge on any atom is -0.453 e. The molecule has 4 rings (SSSR count). The van der Waals surface area contributed by atoms with Gasteiger partial charge in [-0.25, -0.2) is 9.59 Å². The molecule has 1 saturated heterocycles. The molecule has 3 aromatic rings. The van der Waals surface area contributed by atoms with Crippen LogP contribution in [0.5, 0.6) is 0 Å². The van der Waals surface area contributed by atoms with Gasteiger partial charge in [-0.15, -0.1) is 0 Å². The highest BCUT2D eigenvalue weighted by molar-refractivity contribution is 5.84. The number of rotatable bonds is 4. The van der Waals surface area contributed by atoms with Crippen molar-refractivity contribution in [2.75, 3.05) is 0 Å². The van der Waals surface area contributed by atoms with E-state index in [4.69, 9.17) is 9.47 Å². The van der Waals surface area contributed by atoms with Gasteiger partial charge >= 0.3 is 12.1 Å². The zero-order chi connectivity index (χ0) is 26.8. The van der Waals surface area contributed by atoms with E-state index in [2.05, 4.69) is 32.9 Å². The van der Waals surface area contributed by atoms with Gasteiger partial charge in [-0.05, 0) is 48.4 Å². The van der Waals surface area contributed by atoms with Crippen LogP contribution >= 0.6 is 0 Å². The lowest BCUT2D eigenvalue weighted by Gasteiger charge is -2.45. The Morgan fingerprint density at radius 3 is 2.00 bits per heavy atom. The van der Waals surface area contributed by atoms with Crippen molar-refractivity contribution in [3.63, 3.8) is 0 Å². The van der Waals surface area contributed by atoms with Crippen LogP contribution in [0.25, 0.3) is 0 Å². The van der Waals surface area contributed by atoms with Crippen molar-refractivity contribution in [2.45, 2.75) is 77.2 Å². The number of cyclic esters (lactones) is 1. The van der Waals surface area contributed by atoms with Crippen LogP contribution in [0.1, 0.15) is 75.9 Å². The fraction of sp³-hybridized carbons (Fsp3) is 0.375. The Morgan fingerprint density at radius 1 is 0.838 bits per heavy atom. The molecule has 0 saturated carbocycles. The highest BCUT2D eigenvalue weighted by atomic mass is 16.6. The first-order valence-electron chi connectivity index (χ1n) is 12.9. The lowest BCUT2D eigenvalue weighted by atomic mass is 9.85. The van der Waals surface area contributed by atoms with Gasteiger partial charge in [-0.1, -0.05) is 106 Å². The molecule has 1 amide bonds. The minimum absolute atomic E-state index is 0.0427. The summed E-state index contributed by atoms with van der Waals surface area (Å²) >= 11 is 0. The number of carbonyl (C=O) groups is 2. The Kier molecular flexibility index (Phi) is 7.44. The maximum Gasteiger partial charge on any atom is 0.411 e. The zero-order valence-electron chi connectivity index (χ0n) is 22.6. The average Bonchev–Trinajstić information content (AvgIpc) is 2.84. The first kappa shape index (κ1) is 26.5. The number of carbonyl (C=O) groups excluding carboxylic acids is 2. The molecule has 194 valence electrons. The van der Waals surface area contributed by atoms with Gasteiger partial charge in [0.1, 0.15) is 17.7 Å². The van der Waals surface area contributed by atoms with Gasteiger partial charge in [0.05, 0.1) is 0 Å². The lowest BCUT2D eigenvalue weighted by molar-refractivity contribution is -0.174. The number of nitrogens with zero attached hydrogens (tertiary/aromatic N) is 1. The summed E-state index contributed by atoms with van der Waals surface area (Å²) in [5.74, 6) is -0.437. The summed E-state index contributed by atoms with van der Waals surface area (Å²) in [5.41, 5.74) is 3.07. The molecule has 1 unspecified atom stereocenters. The molecule has 1 heterocycles. The first-order chi connectivity index (χ1) is 17.4. The second-order valence-electron chi connectivity index (χ2n) is 11.7. The number of hydrogen-bond donors (Lipinski definition) is 0. The Hall–Kier alpha value is -3.60. The molecule has 1 aliphatic rings. The Balaban J connectivity index is 1.82. The maximum absolute atomic E-state index is 13.8. The van der Waals surface area contributed by atoms with Crippen LogP contribution in [-0.4, -0.2) is 28.6 Å². The van der Waals surface area contributed by atoms with Crippen molar-refractivity contribution < 1.29 is 19.1 Å². The summed E-state index contributed by atoms with van der Waals surface area (Å²) in [6.07, 6.45) is -0.871. The van der Waals surface area contributed by atoms with Gasteiger partial charge in [0, 0.05) is 6.42 Å². The van der Waals surface area contributed by atoms with E-state index >= 15 is 0 Å². The van der Waals surface area contributed by atoms with E-state index in [1.807, 2.05) is 93.6 Å². The number of hydrogen-bond acceptors (Lipinski definition) is 4. The van der Waals surface area contributed by atoms with Gasteiger partial charge in [-0.3, -0.25) is 4.90 Å². The van der Waals surface area contributed by atoms with Gasteiger partial charge in [0.15, 0.2) is 6.10 Å². The molecular formula is C32H37NO4. The van der Waals surface area contributed by atoms with E-state index < -0.39 is 35.9 Å². The molecule has 0 spiro atoms. The third-order valence-electron chi connectivity index (χ3n) is 6.53. The Bertz CT molecular complexity index is 1220. The van der Waals surface area contributed by atoms with E-state index in [1.165, 1.54) is 5.56 Å². The van der Waals surface area contributed by atoms with Crippen molar-refractivity contribution in [2.24, 2.45) is 0 Å². The summed E-state index contributed by atoms with van der Waals surface area (Å²) < 4.78 is 12.0. The minimum atomic E-state index is -0.838. The first-order valence-corrected chi connectivity index (χ1v) is 12.9. The van der Waals surface area contributed by atoms with Crippen LogP contribution < -0.4 is 0 Å². The predicted molar refractivity (Wildman–Crippen MR) is 145 cm³/mol. The molecule has 1 fully saturated rings. The smallest absolute Gasteiger partial charge is 0.411 e. The van der Waals surface area contributed by atoms with E-state index in [1.54, 1.807) is 4.90 Å². The second-order valence-corrected chi connectivity index (χ2v) is 11.7. The van der Waals surface area contributed by atoms with Crippen molar-refractivity contribution in [3.05, 3.63) is 107 Å². The number of morpholine rings is 1. The number of benzene rings is 3. The fourth-order valence-electron chi connectivity index (χ4n) is 4.73. The topological polar surface area (TPSA) is 55.8 Å². The van der Waals surface area contributed by atoms with E-state index in [9.17, 15) is 9.59 Å². The average molecular weight is 500 g/mol. The molecule has 5 nitrogen and oxygen atoms in total. The molecule has 3 atom stereocenters. The standard InChI is InChI=1S/C32H37NO4/c1-31(2,3)25-19-13-14-22(20-25)21-26-29(34)36-28(24-17-11-8-12-18-24)27(23-15-9-7-10-16-23)33(26)30(35)37-32(4,5)6/h7-20,26-28H,21H2,1-6H3/t26-,27-,28?/m0/s1. The van der Waals surface area contributed by atoms with Gasteiger partial charge in [0.2, 0.25) is 0 Å². The predicted octanol–water partition coefficient (Wildman–Crippen LogP) is 7.17. The van der Waals surface area contributed by atoms with Crippen LogP contribution in [0.15, 0.2) is 84.9 Å². The molecule has 1 aliphatic heterocycles. The second kappa shape index (κ2) is 10.4. The molecule has 0 aliphatic carbocycles. The Labute approximate surface area is 220 Å². The molecule has 5 heteroatoms. The van der Waals surface area contributed by atoms with E-state index in [0.717, 1.165) is 16.7 Å². The van der Waals surface area contributed by atoms with Crippen LogP contribution in [0.2, 0.25) is 0 Å². The number of amides is 1. The summed E-state index contributed by atoms with van der Waals surface area (Å²) in [6, 6.07) is 26.1. The fourth-order valence-corrected chi connectivity index (χ4v) is 4.73. The third kappa shape index (κ3) is 6.22. The molecule has 37 heavy (non-hydrogen) atoms. The van der Waals surface area contributed by atoms with Crippen molar-refractivity contribution in [3.8, 4) is 0 Å². The molecule has 3 aromatic carbocycles. The number of esters is 1. The van der Waals surface area contributed by atoms with Crippen LogP contribution in [-0.2, 0) is 26.1 Å². The highest BCUT2D eigenvalue weighted by Crippen LogP contribution is 2.43. The van der Waals surface area contributed by atoms with Crippen molar-refractivity contribution in [1.82, 2.24) is 4.90 Å². The quantitative estimate of drug-likeness (QED) is 0.357. The Morgan fingerprint density at radius 2 is 1.43 bits per heavy atom. The van der Waals surface area contributed by atoms with Crippen LogP contribution in [0.4, 0.5) is 4.79 Å². The SMILES string of the molecule is CC(C)(C)OC(=O)N1[C@@H](Cc2cccc(C(C)(C)C)c2)C(=O)OC(c2ccccc2)[C@@H]1c1ccccc1. The normalized spacial score (nSPS) is 20.3. The molecule has 0 bridgehead atoms. The van der Waals surface area contributed by atoms with Gasteiger partial charge in [-0.2, -0.15) is 0 Å². The summed E-state index contributed by atoms with van der Waals surface area (Å²) in [7, 11) is 0. The zero-order valence-corrected chi connectivity index (χ0v) is 22.6. The lowest BCUT2D eigenvalue weighted by Crippen LogP contribution is -2.56. The molecular weight excluding hydrogens is 462 g/mol. The van der Waals surface area contributed by atoms with Crippen LogP contribution in [0, 0.1) is 0 Å². The molecule has 0 aromatic heterocycles. The summed E-state index contributed by atoms with van der Waals surface area (Å²) in [6.45, 7) is 12.0. The summed E-state index contributed by atoms with van der Waals surface area (Å²) in [5, 5.41) is 0. The van der Waals surface area contributed by atoms with Crippen molar-refractivity contribution in [1.29, 1.82) is 0 Å². The largest absolute Gasteiger partial charge is 0.453 e. The highest BCUT2D eigenvalue weighted by Gasteiger charge is 2.49. The summed E-state index contributed by atoms with van der Waals surface area (Å²) in [4.78, 5) is 29.1. The van der Waals surface area contributed by atoms with Crippen LogP contribution in [0.3, 0.4) is 0 Å². The van der Waals surface area contributed by atoms with Crippen molar-refractivity contribution >= 4 is 12.1 Å². The third-order valence-corrected chi connectivity index (χ3v) is 6.53. The maximum atomic E-state index is 13.8. The molecule has 0 radical (unpaired) electrons. The van der Waals surface area contributed by atoms with E-state index in [0.29, 0.717) is 6.42 Å². The van der Waals surface area contributed by atoms with E-state index in [-0.39, 0.29) is 5.41 Å². The van der Waals surface area contributed by atoms with Gasteiger partial charge < -0.3 is 9.47 Å². The van der Waals surface area contributed by atoms with Gasteiger partial charge in [0.25, 0.3) is 0 Å². The molecule has 0 N–H and O–H groups in total. The number of ether oxygens (including phenoxy) is 2. The monoisotopic (exact) mass is 499 g/mol.